The molecule has 0 aliphatic heterocycles. The third-order valence-corrected chi connectivity index (χ3v) is 5.22. The summed E-state index contributed by atoms with van der Waals surface area (Å²) in [5, 5.41) is 5.69. The average Bonchev–Trinajstić information content (AvgIpc) is 2.65. The Balaban J connectivity index is 1.97. The molecule has 0 heterocycles. The third-order valence-electron chi connectivity index (χ3n) is 3.86. The van der Waals surface area contributed by atoms with Crippen molar-refractivity contribution in [1.82, 2.24) is 0 Å². The van der Waals surface area contributed by atoms with Crippen molar-refractivity contribution in [2.75, 3.05) is 10.6 Å². The molecule has 0 saturated heterocycles. The Morgan fingerprint density at radius 2 is 1.69 bits per heavy atom. The quantitative estimate of drug-likeness (QED) is 0.587. The highest BCUT2D eigenvalue weighted by molar-refractivity contribution is 8.00. The van der Waals surface area contributed by atoms with Gasteiger partial charge in [0.15, 0.2) is 0 Å². The number of thioether (sulfide) groups is 1. The first-order valence-corrected chi connectivity index (χ1v) is 9.92. The second-order valence-corrected chi connectivity index (χ2v) is 7.33. The van der Waals surface area contributed by atoms with Gasteiger partial charge in [-0.3, -0.25) is 9.59 Å². The minimum atomic E-state index is -0.193. The molecule has 2 rings (SSSR count). The lowest BCUT2D eigenvalue weighted by atomic mass is 10.2. The topological polar surface area (TPSA) is 58.2 Å². The molecule has 2 N–H and O–H groups in total. The van der Waals surface area contributed by atoms with Gasteiger partial charge in [0.25, 0.3) is 0 Å². The molecule has 0 radical (unpaired) electrons. The molecule has 5 heteroatoms. The number of para-hydroxylation sites is 1. The number of hydrogen-bond donors (Lipinski definition) is 2. The van der Waals surface area contributed by atoms with Crippen LogP contribution in [-0.4, -0.2) is 17.1 Å². The molecule has 1 atom stereocenters. The van der Waals surface area contributed by atoms with E-state index in [0.717, 1.165) is 35.5 Å². The second-order valence-electron chi connectivity index (χ2n) is 6.05. The predicted octanol–water partition coefficient (Wildman–Crippen LogP) is 5.32. The van der Waals surface area contributed by atoms with Crippen molar-refractivity contribution in [2.24, 2.45) is 0 Å². The summed E-state index contributed by atoms with van der Waals surface area (Å²) in [7, 11) is 0. The Morgan fingerprint density at radius 3 is 2.38 bits per heavy atom. The van der Waals surface area contributed by atoms with E-state index in [0.29, 0.717) is 6.42 Å². The van der Waals surface area contributed by atoms with Crippen LogP contribution in [0.25, 0.3) is 0 Å². The molecule has 2 amide bonds. The van der Waals surface area contributed by atoms with Gasteiger partial charge in [0.1, 0.15) is 0 Å². The number of anilines is 2. The van der Waals surface area contributed by atoms with E-state index in [-0.39, 0.29) is 17.1 Å². The summed E-state index contributed by atoms with van der Waals surface area (Å²) in [4.78, 5) is 25.4. The molecule has 4 nitrogen and oxygen atoms in total. The van der Waals surface area contributed by atoms with Crippen molar-refractivity contribution in [3.8, 4) is 0 Å². The Morgan fingerprint density at radius 1 is 0.962 bits per heavy atom. The molecular formula is C21H26N2O2S. The number of carbonyl (C=O) groups excluding carboxylic acids is 2. The van der Waals surface area contributed by atoms with Gasteiger partial charge >= 0.3 is 0 Å². The van der Waals surface area contributed by atoms with Gasteiger partial charge < -0.3 is 10.6 Å². The first-order chi connectivity index (χ1) is 12.6. The molecule has 0 saturated carbocycles. The number of rotatable bonds is 9. The summed E-state index contributed by atoms with van der Waals surface area (Å²) in [6.45, 7) is 4.06. The zero-order valence-corrected chi connectivity index (χ0v) is 16.1. The Hall–Kier alpha value is -2.27. The lowest BCUT2D eigenvalue weighted by molar-refractivity contribution is -0.116. The van der Waals surface area contributed by atoms with Crippen LogP contribution in [0.1, 0.15) is 39.5 Å². The Bertz CT molecular complexity index is 719. The minimum Gasteiger partial charge on any atom is -0.326 e. The van der Waals surface area contributed by atoms with E-state index in [9.17, 15) is 9.59 Å². The van der Waals surface area contributed by atoms with Gasteiger partial charge in [-0.25, -0.2) is 0 Å². The molecule has 0 aromatic heterocycles. The standard InChI is InChI=1S/C21H26N2O2S/c1-3-5-14-20(24)22-17-12-9-13-18(15-17)26-19(4-2)21(25)23-16-10-7-6-8-11-16/h6-13,15,19H,3-5,14H2,1-2H3,(H,22,24)(H,23,25). The van der Waals surface area contributed by atoms with Crippen molar-refractivity contribution >= 4 is 35.0 Å². The zero-order valence-electron chi connectivity index (χ0n) is 15.3. The molecular weight excluding hydrogens is 344 g/mol. The number of nitrogens with one attached hydrogen (secondary N) is 2. The van der Waals surface area contributed by atoms with Crippen LogP contribution in [-0.2, 0) is 9.59 Å². The van der Waals surface area contributed by atoms with E-state index in [1.165, 1.54) is 11.8 Å². The maximum absolute atomic E-state index is 12.5. The first-order valence-electron chi connectivity index (χ1n) is 9.04. The van der Waals surface area contributed by atoms with Crippen molar-refractivity contribution in [3.63, 3.8) is 0 Å². The van der Waals surface area contributed by atoms with Crippen LogP contribution >= 0.6 is 11.8 Å². The fourth-order valence-electron chi connectivity index (χ4n) is 2.44. The van der Waals surface area contributed by atoms with Crippen LogP contribution in [0.4, 0.5) is 11.4 Å². The third kappa shape index (κ3) is 6.56. The molecule has 138 valence electrons. The average molecular weight is 371 g/mol. The molecule has 2 aromatic carbocycles. The summed E-state index contributed by atoms with van der Waals surface area (Å²) in [5.41, 5.74) is 1.57. The first kappa shape index (κ1) is 20.0. The van der Waals surface area contributed by atoms with E-state index in [1.807, 2.05) is 61.5 Å². The van der Waals surface area contributed by atoms with E-state index in [4.69, 9.17) is 0 Å². The molecule has 1 unspecified atom stereocenters. The van der Waals surface area contributed by atoms with Crippen LogP contribution in [0.5, 0.6) is 0 Å². The summed E-state index contributed by atoms with van der Waals surface area (Å²) < 4.78 is 0. The SMILES string of the molecule is CCCCC(=O)Nc1cccc(SC(CC)C(=O)Nc2ccccc2)c1. The summed E-state index contributed by atoms with van der Waals surface area (Å²) >= 11 is 1.51. The van der Waals surface area contributed by atoms with Gasteiger partial charge in [-0.15, -0.1) is 11.8 Å². The fourth-order valence-corrected chi connectivity index (χ4v) is 3.45. The van der Waals surface area contributed by atoms with Crippen LogP contribution in [0.15, 0.2) is 59.5 Å². The lowest BCUT2D eigenvalue weighted by Gasteiger charge is -2.15. The molecule has 0 aliphatic carbocycles. The van der Waals surface area contributed by atoms with E-state index < -0.39 is 0 Å². The van der Waals surface area contributed by atoms with Gasteiger partial charge in [0.05, 0.1) is 5.25 Å². The highest BCUT2D eigenvalue weighted by atomic mass is 32.2. The van der Waals surface area contributed by atoms with Crippen LogP contribution < -0.4 is 10.6 Å². The predicted molar refractivity (Wildman–Crippen MR) is 110 cm³/mol. The largest absolute Gasteiger partial charge is 0.326 e. The van der Waals surface area contributed by atoms with Crippen LogP contribution in [0.3, 0.4) is 0 Å². The number of carbonyl (C=O) groups is 2. The number of hydrogen-bond acceptors (Lipinski definition) is 3. The molecule has 26 heavy (non-hydrogen) atoms. The Labute approximate surface area is 159 Å². The monoisotopic (exact) mass is 370 g/mol. The van der Waals surface area contributed by atoms with Crippen molar-refractivity contribution < 1.29 is 9.59 Å². The van der Waals surface area contributed by atoms with E-state index >= 15 is 0 Å². The van der Waals surface area contributed by atoms with E-state index in [1.54, 1.807) is 0 Å². The fraction of sp³-hybridized carbons (Fsp3) is 0.333. The zero-order chi connectivity index (χ0) is 18.8. The van der Waals surface area contributed by atoms with Crippen molar-refractivity contribution in [2.45, 2.75) is 49.7 Å². The summed E-state index contributed by atoms with van der Waals surface area (Å²) in [6.07, 6.45) is 3.14. The van der Waals surface area contributed by atoms with Crippen LogP contribution in [0.2, 0.25) is 0 Å². The number of amides is 2. The molecule has 0 aliphatic rings. The summed E-state index contributed by atoms with van der Waals surface area (Å²) in [5.74, 6) is 0.0175. The van der Waals surface area contributed by atoms with Crippen molar-refractivity contribution in [3.05, 3.63) is 54.6 Å². The molecule has 2 aromatic rings. The lowest BCUT2D eigenvalue weighted by Crippen LogP contribution is -2.24. The highest BCUT2D eigenvalue weighted by Gasteiger charge is 2.18. The second kappa shape index (κ2) is 10.7. The van der Waals surface area contributed by atoms with Gasteiger partial charge in [-0.2, -0.15) is 0 Å². The summed E-state index contributed by atoms with van der Waals surface area (Å²) in [6, 6.07) is 17.1. The van der Waals surface area contributed by atoms with Gasteiger partial charge in [-0.05, 0) is 43.2 Å². The highest BCUT2D eigenvalue weighted by Crippen LogP contribution is 2.28. The minimum absolute atomic E-state index is 0.0129. The van der Waals surface area contributed by atoms with Gasteiger partial charge in [0, 0.05) is 22.7 Å². The van der Waals surface area contributed by atoms with E-state index in [2.05, 4.69) is 17.6 Å². The van der Waals surface area contributed by atoms with Gasteiger partial charge in [-0.1, -0.05) is 44.5 Å². The smallest absolute Gasteiger partial charge is 0.237 e. The van der Waals surface area contributed by atoms with Crippen molar-refractivity contribution in [1.29, 1.82) is 0 Å². The van der Waals surface area contributed by atoms with Gasteiger partial charge in [0.2, 0.25) is 11.8 Å². The number of benzene rings is 2. The maximum Gasteiger partial charge on any atom is 0.237 e. The molecule has 0 spiro atoms. The Kier molecular flexibility index (Phi) is 8.22. The molecule has 0 fully saturated rings. The molecule has 0 bridgehead atoms. The number of unbranched alkanes of at least 4 members (excludes halogenated alkanes) is 1. The maximum atomic E-state index is 12.5. The van der Waals surface area contributed by atoms with Crippen LogP contribution in [0, 0.1) is 0 Å². The normalized spacial score (nSPS) is 11.6.